The maximum atomic E-state index is 12.3. The molecule has 24 heavy (non-hydrogen) atoms. The number of aromatic nitrogens is 2. The Hall–Kier alpha value is -3.10. The van der Waals surface area contributed by atoms with Gasteiger partial charge in [0.15, 0.2) is 0 Å². The minimum atomic E-state index is -0.257. The molecule has 0 saturated heterocycles. The van der Waals surface area contributed by atoms with Crippen LogP contribution < -0.4 is 5.32 Å². The number of benzene rings is 2. The zero-order chi connectivity index (χ0) is 16.9. The van der Waals surface area contributed by atoms with E-state index in [9.17, 15) is 4.79 Å². The number of rotatable bonds is 4. The lowest BCUT2D eigenvalue weighted by Crippen LogP contribution is -2.16. The van der Waals surface area contributed by atoms with Crippen molar-refractivity contribution in [3.8, 4) is 6.07 Å². The molecule has 5 nitrogen and oxygen atoms in total. The van der Waals surface area contributed by atoms with Gasteiger partial charge in [0.1, 0.15) is 5.82 Å². The normalized spacial score (nSPS) is 10.2. The van der Waals surface area contributed by atoms with Gasteiger partial charge in [-0.3, -0.25) is 4.79 Å². The molecule has 1 amide bonds. The van der Waals surface area contributed by atoms with Crippen LogP contribution in [-0.2, 0) is 6.54 Å². The second-order valence-electron chi connectivity index (χ2n) is 5.15. The predicted octanol–water partition coefficient (Wildman–Crippen LogP) is 3.71. The van der Waals surface area contributed by atoms with E-state index in [4.69, 9.17) is 16.9 Å². The number of hydrogen-bond acceptors (Lipinski definition) is 3. The molecule has 0 saturated carbocycles. The number of carbonyl (C=O) groups is 1. The number of hydrogen-bond donors (Lipinski definition) is 1. The average molecular weight is 337 g/mol. The van der Waals surface area contributed by atoms with Crippen LogP contribution in [0.15, 0.2) is 60.8 Å². The first-order valence-electron chi connectivity index (χ1n) is 7.23. The molecule has 3 rings (SSSR count). The second-order valence-corrected chi connectivity index (χ2v) is 5.58. The van der Waals surface area contributed by atoms with Crippen molar-refractivity contribution in [2.45, 2.75) is 6.54 Å². The van der Waals surface area contributed by atoms with Gasteiger partial charge in [-0.25, -0.2) is 4.68 Å². The van der Waals surface area contributed by atoms with Gasteiger partial charge in [0.25, 0.3) is 5.91 Å². The van der Waals surface area contributed by atoms with Crippen LogP contribution in [0, 0.1) is 11.3 Å². The van der Waals surface area contributed by atoms with Crippen LogP contribution in [0.1, 0.15) is 21.5 Å². The molecule has 1 aromatic heterocycles. The van der Waals surface area contributed by atoms with Gasteiger partial charge in [-0.2, -0.15) is 10.4 Å². The summed E-state index contributed by atoms with van der Waals surface area (Å²) in [7, 11) is 0. The van der Waals surface area contributed by atoms with E-state index in [1.807, 2.05) is 30.3 Å². The number of nitriles is 1. The monoisotopic (exact) mass is 336 g/mol. The Morgan fingerprint density at radius 3 is 2.71 bits per heavy atom. The van der Waals surface area contributed by atoms with Gasteiger partial charge in [0, 0.05) is 16.7 Å². The second kappa shape index (κ2) is 6.99. The molecule has 118 valence electrons. The number of nitrogens with one attached hydrogen (secondary N) is 1. The summed E-state index contributed by atoms with van der Waals surface area (Å²) < 4.78 is 1.69. The summed E-state index contributed by atoms with van der Waals surface area (Å²) in [6.45, 7) is 0.497. The Bertz CT molecular complexity index is 909. The molecule has 0 atom stereocenters. The van der Waals surface area contributed by atoms with Crippen molar-refractivity contribution in [3.05, 3.63) is 82.5 Å². The third kappa shape index (κ3) is 3.62. The van der Waals surface area contributed by atoms with Crippen molar-refractivity contribution >= 4 is 23.3 Å². The van der Waals surface area contributed by atoms with Gasteiger partial charge in [-0.1, -0.05) is 23.7 Å². The van der Waals surface area contributed by atoms with Crippen molar-refractivity contribution in [3.63, 3.8) is 0 Å². The summed E-state index contributed by atoms with van der Waals surface area (Å²) in [4.78, 5) is 12.3. The quantitative estimate of drug-likeness (QED) is 0.789. The molecule has 0 fully saturated rings. The highest BCUT2D eigenvalue weighted by Crippen LogP contribution is 2.15. The first-order chi connectivity index (χ1) is 11.7. The van der Waals surface area contributed by atoms with E-state index < -0.39 is 0 Å². The van der Waals surface area contributed by atoms with Gasteiger partial charge in [-0.05, 0) is 42.0 Å². The number of carbonyl (C=O) groups excluding carboxylic acids is 1. The Morgan fingerprint density at radius 1 is 1.21 bits per heavy atom. The molecule has 3 aromatic rings. The highest BCUT2D eigenvalue weighted by molar-refractivity contribution is 6.30. The minimum absolute atomic E-state index is 0.257. The Balaban J connectivity index is 1.75. The highest BCUT2D eigenvalue weighted by Gasteiger charge is 2.10. The smallest absolute Gasteiger partial charge is 0.256 e. The standard InChI is InChI=1S/C18H13ClN4O/c19-16-3-1-2-14(10-16)12-23-17(8-9-21-23)22-18(24)15-6-4-13(11-20)5-7-15/h1-10H,12H2,(H,22,24). The van der Waals surface area contributed by atoms with Crippen LogP contribution in [0.3, 0.4) is 0 Å². The number of amides is 1. The molecule has 0 aliphatic carbocycles. The summed E-state index contributed by atoms with van der Waals surface area (Å²) in [5.74, 6) is 0.330. The molecular formula is C18H13ClN4O. The predicted molar refractivity (Wildman–Crippen MR) is 91.9 cm³/mol. The number of halogens is 1. The Morgan fingerprint density at radius 2 is 2.00 bits per heavy atom. The van der Waals surface area contributed by atoms with Crippen molar-refractivity contribution in [1.82, 2.24) is 9.78 Å². The van der Waals surface area contributed by atoms with Crippen LogP contribution in [0.4, 0.5) is 5.82 Å². The SMILES string of the molecule is N#Cc1ccc(C(=O)Nc2ccnn2Cc2cccc(Cl)c2)cc1. The van der Waals surface area contributed by atoms with Gasteiger partial charge < -0.3 is 5.32 Å². The van der Waals surface area contributed by atoms with Crippen LogP contribution in [0.5, 0.6) is 0 Å². The Kier molecular flexibility index (Phi) is 4.59. The van der Waals surface area contributed by atoms with Crippen molar-refractivity contribution in [2.75, 3.05) is 5.32 Å². The van der Waals surface area contributed by atoms with E-state index >= 15 is 0 Å². The van der Waals surface area contributed by atoms with E-state index in [0.29, 0.717) is 28.5 Å². The molecule has 0 spiro atoms. The fraction of sp³-hybridized carbons (Fsp3) is 0.0556. The summed E-state index contributed by atoms with van der Waals surface area (Å²) >= 11 is 5.99. The van der Waals surface area contributed by atoms with E-state index in [2.05, 4.69) is 10.4 Å². The topological polar surface area (TPSA) is 70.7 Å². The fourth-order valence-electron chi connectivity index (χ4n) is 2.26. The molecule has 0 radical (unpaired) electrons. The molecule has 6 heteroatoms. The highest BCUT2D eigenvalue weighted by atomic mass is 35.5. The van der Waals surface area contributed by atoms with Crippen molar-refractivity contribution < 1.29 is 4.79 Å². The number of anilines is 1. The lowest BCUT2D eigenvalue weighted by molar-refractivity contribution is 0.102. The van der Waals surface area contributed by atoms with Crippen LogP contribution in [0.25, 0.3) is 0 Å². The van der Waals surface area contributed by atoms with Gasteiger partial charge in [-0.15, -0.1) is 0 Å². The third-order valence-corrected chi connectivity index (χ3v) is 3.69. The van der Waals surface area contributed by atoms with Crippen LogP contribution in [-0.4, -0.2) is 15.7 Å². The summed E-state index contributed by atoms with van der Waals surface area (Å²) in [5, 5.41) is 16.5. The average Bonchev–Trinajstić information content (AvgIpc) is 3.01. The summed E-state index contributed by atoms with van der Waals surface area (Å²) in [6, 6.07) is 17.7. The Labute approximate surface area is 144 Å². The molecule has 0 aliphatic heterocycles. The van der Waals surface area contributed by atoms with E-state index in [1.54, 1.807) is 41.2 Å². The molecule has 1 heterocycles. The molecule has 0 aliphatic rings. The van der Waals surface area contributed by atoms with Gasteiger partial charge >= 0.3 is 0 Å². The molecule has 1 N–H and O–H groups in total. The zero-order valence-electron chi connectivity index (χ0n) is 12.6. The molecule has 2 aromatic carbocycles. The van der Waals surface area contributed by atoms with Gasteiger partial charge in [0.2, 0.25) is 0 Å². The van der Waals surface area contributed by atoms with Gasteiger partial charge in [0.05, 0.1) is 24.4 Å². The maximum absolute atomic E-state index is 12.3. The van der Waals surface area contributed by atoms with Crippen LogP contribution >= 0.6 is 11.6 Å². The lowest BCUT2D eigenvalue weighted by atomic mass is 10.1. The van der Waals surface area contributed by atoms with E-state index in [1.165, 1.54) is 0 Å². The van der Waals surface area contributed by atoms with Crippen molar-refractivity contribution in [2.24, 2.45) is 0 Å². The maximum Gasteiger partial charge on any atom is 0.256 e. The zero-order valence-corrected chi connectivity index (χ0v) is 13.4. The van der Waals surface area contributed by atoms with Crippen molar-refractivity contribution in [1.29, 1.82) is 5.26 Å². The number of nitrogens with zero attached hydrogens (tertiary/aromatic N) is 3. The fourth-order valence-corrected chi connectivity index (χ4v) is 2.47. The molecule has 0 unspecified atom stereocenters. The minimum Gasteiger partial charge on any atom is -0.307 e. The van der Waals surface area contributed by atoms with Crippen LogP contribution in [0.2, 0.25) is 5.02 Å². The molecular weight excluding hydrogens is 324 g/mol. The summed E-state index contributed by atoms with van der Waals surface area (Å²) in [5.41, 5.74) is 1.97. The first-order valence-corrected chi connectivity index (χ1v) is 7.61. The lowest BCUT2D eigenvalue weighted by Gasteiger charge is -2.09. The molecule has 0 bridgehead atoms. The van der Waals surface area contributed by atoms with E-state index in [-0.39, 0.29) is 5.91 Å². The summed E-state index contributed by atoms with van der Waals surface area (Å²) in [6.07, 6.45) is 1.62. The first kappa shape index (κ1) is 15.8. The third-order valence-electron chi connectivity index (χ3n) is 3.46. The largest absolute Gasteiger partial charge is 0.307 e. The van der Waals surface area contributed by atoms with E-state index in [0.717, 1.165) is 5.56 Å².